The summed E-state index contributed by atoms with van der Waals surface area (Å²) in [6.45, 7) is 5.69. The molecule has 0 saturated carbocycles. The molecular weight excluding hydrogens is 391 g/mol. The topological polar surface area (TPSA) is 76.9 Å². The summed E-state index contributed by atoms with van der Waals surface area (Å²) < 4.78 is 0. The van der Waals surface area contributed by atoms with E-state index in [4.69, 9.17) is 28.2 Å². The molecule has 0 amide bonds. The molecule has 5 nitrogen and oxygen atoms in total. The van der Waals surface area contributed by atoms with Gasteiger partial charge >= 0.3 is 0 Å². The van der Waals surface area contributed by atoms with Crippen molar-refractivity contribution in [2.24, 2.45) is 0 Å². The summed E-state index contributed by atoms with van der Waals surface area (Å²) in [5, 5.41) is 11.6. The van der Waals surface area contributed by atoms with E-state index in [1.165, 1.54) is 11.8 Å². The molecule has 0 aliphatic carbocycles. The Kier molecular flexibility index (Phi) is 5.99. The highest BCUT2D eigenvalue weighted by Crippen LogP contribution is 2.38. The van der Waals surface area contributed by atoms with Gasteiger partial charge in [-0.15, -0.1) is 0 Å². The number of aliphatic hydroxyl groups excluding tert-OH is 1. The SMILES string of the molecule is Cc1nc(N2CCC(C)([NH3+])CC2)c(CO)nc1Sc1cccc(Cl)c1Cl. The van der Waals surface area contributed by atoms with E-state index in [-0.39, 0.29) is 12.1 Å². The fraction of sp³-hybridized carbons (Fsp3) is 0.444. The molecule has 0 unspecified atom stereocenters. The smallest absolute Gasteiger partial charge is 0.153 e. The fourth-order valence-corrected chi connectivity index (χ4v) is 4.28. The second kappa shape index (κ2) is 7.90. The fourth-order valence-electron chi connectivity index (χ4n) is 2.91. The van der Waals surface area contributed by atoms with Gasteiger partial charge in [0.15, 0.2) is 5.82 Å². The number of quaternary nitrogens is 1. The maximum atomic E-state index is 9.83. The third-order valence-corrected chi connectivity index (χ3v) is 6.69. The van der Waals surface area contributed by atoms with E-state index in [1.807, 2.05) is 19.1 Å². The first kappa shape index (κ1) is 19.7. The van der Waals surface area contributed by atoms with Crippen molar-refractivity contribution in [1.29, 1.82) is 0 Å². The minimum atomic E-state index is -0.155. The van der Waals surface area contributed by atoms with E-state index >= 15 is 0 Å². The number of hydrogen-bond acceptors (Lipinski definition) is 5. The Hall–Kier alpha value is -1.05. The van der Waals surface area contributed by atoms with Crippen LogP contribution in [-0.4, -0.2) is 33.7 Å². The van der Waals surface area contributed by atoms with Crippen molar-refractivity contribution in [1.82, 2.24) is 9.97 Å². The summed E-state index contributed by atoms with van der Waals surface area (Å²) in [4.78, 5) is 12.4. The molecule has 4 N–H and O–H groups in total. The maximum Gasteiger partial charge on any atom is 0.153 e. The lowest BCUT2D eigenvalue weighted by Crippen LogP contribution is -2.73. The minimum absolute atomic E-state index is 0.109. The second-order valence-electron chi connectivity index (χ2n) is 6.99. The van der Waals surface area contributed by atoms with Gasteiger partial charge < -0.3 is 15.7 Å². The molecule has 140 valence electrons. The molecule has 2 aromatic rings. The third-order valence-electron chi connectivity index (χ3n) is 4.62. The molecule has 0 radical (unpaired) electrons. The van der Waals surface area contributed by atoms with Crippen LogP contribution in [0.5, 0.6) is 0 Å². The van der Waals surface area contributed by atoms with Crippen LogP contribution in [0.2, 0.25) is 10.0 Å². The molecule has 8 heteroatoms. The molecular formula is C18H23Cl2N4OS+. The summed E-state index contributed by atoms with van der Waals surface area (Å²) in [5.74, 6) is 0.766. The Balaban J connectivity index is 1.89. The van der Waals surface area contributed by atoms with Crippen LogP contribution in [0.15, 0.2) is 28.1 Å². The van der Waals surface area contributed by atoms with Crippen LogP contribution >= 0.6 is 35.0 Å². The first-order valence-electron chi connectivity index (χ1n) is 8.51. The zero-order valence-electron chi connectivity index (χ0n) is 14.9. The van der Waals surface area contributed by atoms with E-state index in [0.29, 0.717) is 15.7 Å². The highest BCUT2D eigenvalue weighted by Gasteiger charge is 2.31. The van der Waals surface area contributed by atoms with Crippen molar-refractivity contribution in [3.8, 4) is 0 Å². The van der Waals surface area contributed by atoms with Gasteiger partial charge in [0.25, 0.3) is 0 Å². The lowest BCUT2D eigenvalue weighted by molar-refractivity contribution is -0.475. The highest BCUT2D eigenvalue weighted by molar-refractivity contribution is 7.99. The van der Waals surface area contributed by atoms with Crippen LogP contribution in [0.3, 0.4) is 0 Å². The van der Waals surface area contributed by atoms with Crippen LogP contribution in [0, 0.1) is 6.92 Å². The predicted octanol–water partition coefficient (Wildman–Crippen LogP) is 3.34. The van der Waals surface area contributed by atoms with Crippen molar-refractivity contribution in [3.05, 3.63) is 39.6 Å². The summed E-state index contributed by atoms with van der Waals surface area (Å²) in [7, 11) is 0. The van der Waals surface area contributed by atoms with Gasteiger partial charge in [0, 0.05) is 30.8 Å². The van der Waals surface area contributed by atoms with Gasteiger partial charge in [-0.05, 0) is 26.0 Å². The molecule has 1 aromatic heterocycles. The largest absolute Gasteiger partial charge is 0.390 e. The Labute approximate surface area is 167 Å². The average molecular weight is 414 g/mol. The average Bonchev–Trinajstić information content (AvgIpc) is 2.60. The minimum Gasteiger partial charge on any atom is -0.390 e. The molecule has 1 aliphatic heterocycles. The third kappa shape index (κ3) is 4.26. The number of hydrogen-bond donors (Lipinski definition) is 2. The summed E-state index contributed by atoms with van der Waals surface area (Å²) in [5.41, 5.74) is 5.76. The summed E-state index contributed by atoms with van der Waals surface area (Å²) in [6.07, 6.45) is 1.99. The maximum absolute atomic E-state index is 9.83. The van der Waals surface area contributed by atoms with Crippen molar-refractivity contribution in [2.45, 2.75) is 48.8 Å². The molecule has 0 atom stereocenters. The number of anilines is 1. The standard InChI is InChI=1S/C18H22Cl2N4OS/c1-11-17(26-14-5-3-4-12(19)15(14)20)23-13(10-25)16(22-11)24-8-6-18(2,21)7-9-24/h3-5,25H,6-10,21H2,1-2H3/p+1. The number of rotatable bonds is 4. The molecule has 1 fully saturated rings. The van der Waals surface area contributed by atoms with Crippen LogP contribution < -0.4 is 10.6 Å². The number of halogens is 2. The van der Waals surface area contributed by atoms with Gasteiger partial charge in [-0.2, -0.15) is 0 Å². The molecule has 1 saturated heterocycles. The molecule has 3 rings (SSSR count). The molecule has 0 spiro atoms. The lowest BCUT2D eigenvalue weighted by Gasteiger charge is -2.35. The highest BCUT2D eigenvalue weighted by atomic mass is 35.5. The van der Waals surface area contributed by atoms with Crippen molar-refractivity contribution in [2.75, 3.05) is 18.0 Å². The van der Waals surface area contributed by atoms with Gasteiger partial charge in [-0.1, -0.05) is 41.0 Å². The Morgan fingerprint density at radius 3 is 2.62 bits per heavy atom. The van der Waals surface area contributed by atoms with E-state index in [1.54, 1.807) is 6.07 Å². The molecule has 26 heavy (non-hydrogen) atoms. The van der Waals surface area contributed by atoms with Crippen LogP contribution in [0.25, 0.3) is 0 Å². The van der Waals surface area contributed by atoms with Gasteiger partial charge in [-0.3, -0.25) is 0 Å². The molecule has 0 bridgehead atoms. The lowest BCUT2D eigenvalue weighted by atomic mass is 9.91. The van der Waals surface area contributed by atoms with Crippen molar-refractivity contribution >= 4 is 40.8 Å². The number of aliphatic hydroxyl groups is 1. The zero-order valence-corrected chi connectivity index (χ0v) is 17.3. The molecule has 1 aliphatic rings. The van der Waals surface area contributed by atoms with Crippen LogP contribution in [0.4, 0.5) is 5.82 Å². The zero-order chi connectivity index (χ0) is 18.9. The van der Waals surface area contributed by atoms with E-state index in [2.05, 4.69) is 22.5 Å². The van der Waals surface area contributed by atoms with Crippen LogP contribution in [0.1, 0.15) is 31.2 Å². The van der Waals surface area contributed by atoms with Gasteiger partial charge in [0.05, 0.1) is 27.9 Å². The summed E-state index contributed by atoms with van der Waals surface area (Å²) >= 11 is 13.8. The number of aromatic nitrogens is 2. The molecule has 2 heterocycles. The molecule has 1 aromatic carbocycles. The second-order valence-corrected chi connectivity index (χ2v) is 8.81. The normalized spacial score (nSPS) is 16.8. The van der Waals surface area contributed by atoms with E-state index in [0.717, 1.165) is 47.4 Å². The Morgan fingerprint density at radius 1 is 1.27 bits per heavy atom. The van der Waals surface area contributed by atoms with Gasteiger partial charge in [-0.25, -0.2) is 9.97 Å². The Morgan fingerprint density at radius 2 is 1.96 bits per heavy atom. The number of piperidine rings is 1. The van der Waals surface area contributed by atoms with Gasteiger partial charge in [0.2, 0.25) is 0 Å². The van der Waals surface area contributed by atoms with E-state index in [9.17, 15) is 5.11 Å². The van der Waals surface area contributed by atoms with Crippen molar-refractivity contribution in [3.63, 3.8) is 0 Å². The monoisotopic (exact) mass is 413 g/mol. The number of nitrogens with zero attached hydrogens (tertiary/aromatic N) is 3. The number of benzene rings is 1. The van der Waals surface area contributed by atoms with Crippen molar-refractivity contribution < 1.29 is 10.8 Å². The van der Waals surface area contributed by atoms with E-state index < -0.39 is 0 Å². The van der Waals surface area contributed by atoms with Crippen LogP contribution in [-0.2, 0) is 6.61 Å². The summed E-state index contributed by atoms with van der Waals surface area (Å²) in [6, 6.07) is 5.50. The first-order valence-corrected chi connectivity index (χ1v) is 10.1. The first-order chi connectivity index (χ1) is 12.3. The number of aryl methyl sites for hydroxylation is 1. The predicted molar refractivity (Wildman–Crippen MR) is 106 cm³/mol. The quantitative estimate of drug-likeness (QED) is 0.803. The van der Waals surface area contributed by atoms with Gasteiger partial charge in [0.1, 0.15) is 10.7 Å². The Bertz CT molecular complexity index is 806.